The van der Waals surface area contributed by atoms with Crippen LogP contribution < -0.4 is 5.63 Å². The molecule has 1 saturated heterocycles. The molecule has 0 N–H and O–H groups in total. The summed E-state index contributed by atoms with van der Waals surface area (Å²) in [5, 5.41) is 0.773. The zero-order chi connectivity index (χ0) is 21.5. The molecule has 0 saturated carbocycles. The maximum Gasteiger partial charge on any atom is 0.336 e. The summed E-state index contributed by atoms with van der Waals surface area (Å²) < 4.78 is 10.7. The Morgan fingerprint density at radius 1 is 1.00 bits per heavy atom. The predicted octanol–water partition coefficient (Wildman–Crippen LogP) is 2.67. The molecule has 5 rings (SSSR count). The van der Waals surface area contributed by atoms with E-state index in [0.29, 0.717) is 24.0 Å². The minimum Gasteiger partial charge on any atom is -0.461 e. The van der Waals surface area contributed by atoms with E-state index >= 15 is 0 Å². The van der Waals surface area contributed by atoms with Gasteiger partial charge in [0.25, 0.3) is 0 Å². The van der Waals surface area contributed by atoms with Gasteiger partial charge in [0.1, 0.15) is 12.2 Å². The first-order valence-corrected chi connectivity index (χ1v) is 10.8. The van der Waals surface area contributed by atoms with E-state index in [1.54, 1.807) is 0 Å². The maximum absolute atomic E-state index is 12.5. The minimum absolute atomic E-state index is 0.0225. The Bertz CT molecular complexity index is 1150. The lowest BCUT2D eigenvalue weighted by Crippen LogP contribution is -2.33. The van der Waals surface area contributed by atoms with Gasteiger partial charge >= 0.3 is 11.6 Å². The van der Waals surface area contributed by atoms with Gasteiger partial charge in [0.05, 0.1) is 18.3 Å². The van der Waals surface area contributed by atoms with Gasteiger partial charge in [-0.05, 0) is 55.4 Å². The molecular weight excluding hydrogens is 398 g/mol. The fourth-order valence-corrected chi connectivity index (χ4v) is 4.94. The lowest BCUT2D eigenvalue weighted by molar-refractivity contribution is -0.146. The first kappa shape index (κ1) is 19.7. The Kier molecular flexibility index (Phi) is 4.96. The second kappa shape index (κ2) is 7.80. The molecule has 1 aliphatic heterocycles. The number of amides is 2. The van der Waals surface area contributed by atoms with Gasteiger partial charge in [-0.1, -0.05) is 12.2 Å². The number of nitrogens with zero attached hydrogens (tertiary/aromatic N) is 1. The smallest absolute Gasteiger partial charge is 0.336 e. The van der Waals surface area contributed by atoms with Crippen LogP contribution in [0.25, 0.3) is 11.0 Å². The normalized spacial score (nSPS) is 22.1. The number of rotatable bonds is 5. The summed E-state index contributed by atoms with van der Waals surface area (Å²) >= 11 is 0. The molecular formula is C24H23NO6. The molecule has 1 aromatic heterocycles. The van der Waals surface area contributed by atoms with E-state index in [1.807, 2.05) is 24.3 Å². The predicted molar refractivity (Wildman–Crippen MR) is 111 cm³/mol. The molecule has 31 heavy (non-hydrogen) atoms. The summed E-state index contributed by atoms with van der Waals surface area (Å²) in [6.07, 6.45) is 7.97. The monoisotopic (exact) mass is 421 g/mol. The van der Waals surface area contributed by atoms with Crippen molar-refractivity contribution in [1.29, 1.82) is 0 Å². The molecule has 1 fully saturated rings. The Labute approximate surface area is 178 Å². The Hall–Kier alpha value is -3.22. The van der Waals surface area contributed by atoms with Crippen LogP contribution in [0.4, 0.5) is 0 Å². The molecule has 1 aromatic carbocycles. The van der Waals surface area contributed by atoms with Crippen LogP contribution in [-0.2, 0) is 38.6 Å². The highest BCUT2D eigenvalue weighted by molar-refractivity contribution is 6.05. The van der Waals surface area contributed by atoms with Crippen molar-refractivity contribution in [2.45, 2.75) is 45.1 Å². The number of hydrogen-bond donors (Lipinski definition) is 0. The number of likely N-dealkylation sites (tertiary alicyclic amines) is 1. The van der Waals surface area contributed by atoms with Gasteiger partial charge in [-0.25, -0.2) is 4.79 Å². The van der Waals surface area contributed by atoms with Crippen molar-refractivity contribution < 1.29 is 23.5 Å². The number of carbonyl (C=O) groups is 3. The van der Waals surface area contributed by atoms with Gasteiger partial charge in [0, 0.05) is 23.6 Å². The standard InChI is InChI=1S/C24H23NO6/c26-21(8-9-25-23(28)17-6-1-2-7-18(17)24(25)29)30-13-16-12-22(27)31-20-11-15-5-3-4-14(15)10-19(16)20/h1-2,10-12,17-18H,3-9,13H2/t17-,18+. The highest BCUT2D eigenvalue weighted by atomic mass is 16.5. The van der Waals surface area contributed by atoms with E-state index in [4.69, 9.17) is 9.15 Å². The van der Waals surface area contributed by atoms with Crippen LogP contribution in [0.3, 0.4) is 0 Å². The maximum atomic E-state index is 12.5. The molecule has 2 amide bonds. The van der Waals surface area contributed by atoms with E-state index < -0.39 is 11.6 Å². The van der Waals surface area contributed by atoms with E-state index in [0.717, 1.165) is 24.6 Å². The van der Waals surface area contributed by atoms with Crippen molar-refractivity contribution in [1.82, 2.24) is 4.90 Å². The summed E-state index contributed by atoms with van der Waals surface area (Å²) in [5.74, 6) is -1.52. The average Bonchev–Trinajstić information content (AvgIpc) is 3.31. The van der Waals surface area contributed by atoms with Crippen molar-refractivity contribution in [2.24, 2.45) is 11.8 Å². The van der Waals surface area contributed by atoms with Crippen LogP contribution in [-0.4, -0.2) is 29.2 Å². The minimum atomic E-state index is -0.517. The number of aryl methyl sites for hydroxylation is 2. The first-order valence-electron chi connectivity index (χ1n) is 10.8. The lowest BCUT2D eigenvalue weighted by Gasteiger charge is -2.14. The summed E-state index contributed by atoms with van der Waals surface area (Å²) in [6, 6.07) is 5.27. The number of imide groups is 1. The lowest BCUT2D eigenvalue weighted by atomic mass is 9.85. The van der Waals surface area contributed by atoms with Gasteiger partial charge in [-0.15, -0.1) is 0 Å². The Morgan fingerprint density at radius 2 is 1.68 bits per heavy atom. The third-order valence-electron chi connectivity index (χ3n) is 6.57. The largest absolute Gasteiger partial charge is 0.461 e. The van der Waals surface area contributed by atoms with Crippen molar-refractivity contribution >= 4 is 28.8 Å². The number of carbonyl (C=O) groups excluding carboxylic acids is 3. The van der Waals surface area contributed by atoms with E-state index in [2.05, 4.69) is 0 Å². The summed E-state index contributed by atoms with van der Waals surface area (Å²) in [4.78, 5) is 50.5. The number of hydrogen-bond acceptors (Lipinski definition) is 6. The van der Waals surface area contributed by atoms with Crippen molar-refractivity contribution in [3.05, 3.63) is 57.5 Å². The van der Waals surface area contributed by atoms with Gasteiger partial charge in [-0.3, -0.25) is 19.3 Å². The van der Waals surface area contributed by atoms with Crippen LogP contribution in [0, 0.1) is 11.8 Å². The third kappa shape index (κ3) is 3.58. The average molecular weight is 421 g/mol. The summed E-state index contributed by atoms with van der Waals surface area (Å²) in [7, 11) is 0. The molecule has 0 bridgehead atoms. The quantitative estimate of drug-likeness (QED) is 0.319. The second-order valence-electron chi connectivity index (χ2n) is 8.46. The molecule has 7 nitrogen and oxygen atoms in total. The van der Waals surface area contributed by atoms with E-state index in [9.17, 15) is 19.2 Å². The Balaban J connectivity index is 1.24. The molecule has 160 valence electrons. The fraction of sp³-hybridized carbons (Fsp3) is 0.417. The zero-order valence-electron chi connectivity index (χ0n) is 17.1. The molecule has 2 aliphatic carbocycles. The van der Waals surface area contributed by atoms with Crippen LogP contribution in [0.5, 0.6) is 0 Å². The Morgan fingerprint density at radius 3 is 2.39 bits per heavy atom. The number of allylic oxidation sites excluding steroid dienone is 2. The van der Waals surface area contributed by atoms with Crippen LogP contribution >= 0.6 is 0 Å². The highest BCUT2D eigenvalue weighted by Crippen LogP contribution is 2.35. The van der Waals surface area contributed by atoms with E-state index in [-0.39, 0.29) is 43.2 Å². The molecule has 2 aromatic rings. The summed E-state index contributed by atoms with van der Waals surface area (Å²) in [5.41, 5.74) is 3.04. The van der Waals surface area contributed by atoms with Crippen LogP contribution in [0.1, 0.15) is 42.4 Å². The topological polar surface area (TPSA) is 93.9 Å². The van der Waals surface area contributed by atoms with Crippen LogP contribution in [0.15, 0.2) is 39.6 Å². The van der Waals surface area contributed by atoms with Crippen molar-refractivity contribution in [3.8, 4) is 0 Å². The number of esters is 1. The SMILES string of the molecule is O=C(CCN1C(=O)[C@H]2CC=CC[C@H]2C1=O)OCc1cc(=O)oc2cc3c(cc12)CCC3. The molecule has 2 heterocycles. The number of ether oxygens (including phenoxy) is 1. The molecule has 3 aliphatic rings. The van der Waals surface area contributed by atoms with Crippen LogP contribution in [0.2, 0.25) is 0 Å². The van der Waals surface area contributed by atoms with E-state index in [1.165, 1.54) is 22.1 Å². The summed E-state index contributed by atoms with van der Waals surface area (Å²) in [6.45, 7) is -0.0362. The highest BCUT2D eigenvalue weighted by Gasteiger charge is 2.46. The molecule has 7 heteroatoms. The number of benzene rings is 1. The fourth-order valence-electron chi connectivity index (χ4n) is 4.94. The van der Waals surface area contributed by atoms with Crippen molar-refractivity contribution in [2.75, 3.05) is 6.54 Å². The van der Waals surface area contributed by atoms with Crippen molar-refractivity contribution in [3.63, 3.8) is 0 Å². The third-order valence-corrected chi connectivity index (χ3v) is 6.57. The zero-order valence-corrected chi connectivity index (χ0v) is 17.1. The molecule has 2 atom stereocenters. The van der Waals surface area contributed by atoms with Gasteiger partial charge in [-0.2, -0.15) is 0 Å². The number of fused-ring (bicyclic) bond motifs is 3. The van der Waals surface area contributed by atoms with Gasteiger partial charge in [0.2, 0.25) is 11.8 Å². The molecule has 0 spiro atoms. The van der Waals surface area contributed by atoms with Gasteiger partial charge < -0.3 is 9.15 Å². The second-order valence-corrected chi connectivity index (χ2v) is 8.46. The molecule has 0 unspecified atom stereocenters. The first-order chi connectivity index (χ1) is 15.0. The molecule has 0 radical (unpaired) electrons. The van der Waals surface area contributed by atoms with Gasteiger partial charge in [0.15, 0.2) is 0 Å².